The summed E-state index contributed by atoms with van der Waals surface area (Å²) in [7, 11) is -2.42. The molecule has 0 unspecified atom stereocenters. The summed E-state index contributed by atoms with van der Waals surface area (Å²) in [6.07, 6.45) is 6.98. The van der Waals surface area contributed by atoms with Crippen molar-refractivity contribution in [2.45, 2.75) is 56.4 Å². The van der Waals surface area contributed by atoms with Gasteiger partial charge in [0.15, 0.2) is 0 Å². The molecule has 7 nitrogen and oxygen atoms in total. The molecule has 1 aliphatic rings. The van der Waals surface area contributed by atoms with E-state index in [1.54, 1.807) is 49.4 Å². The number of amides is 1. The summed E-state index contributed by atoms with van der Waals surface area (Å²) in [4.78, 5) is 12.8. The highest BCUT2D eigenvalue weighted by Gasteiger charge is 2.27. The SMILES string of the molecule is COc1ccc(S(=O)(=O)N(CC(=O)NCCCOC2CCCCC2)c2ccccc2)cc1C. The lowest BCUT2D eigenvalue weighted by atomic mass is 9.98. The zero-order valence-electron chi connectivity index (χ0n) is 19.5. The van der Waals surface area contributed by atoms with Crippen molar-refractivity contribution in [3.8, 4) is 5.75 Å². The first kappa shape index (κ1) is 25.1. The molecule has 0 aliphatic heterocycles. The van der Waals surface area contributed by atoms with E-state index < -0.39 is 10.0 Å². The van der Waals surface area contributed by atoms with Crippen LogP contribution >= 0.6 is 0 Å². The van der Waals surface area contributed by atoms with Crippen LogP contribution < -0.4 is 14.4 Å². The van der Waals surface area contributed by atoms with Gasteiger partial charge in [0.25, 0.3) is 10.0 Å². The largest absolute Gasteiger partial charge is 0.496 e. The highest BCUT2D eigenvalue weighted by molar-refractivity contribution is 7.92. The van der Waals surface area contributed by atoms with Gasteiger partial charge < -0.3 is 14.8 Å². The molecule has 33 heavy (non-hydrogen) atoms. The zero-order valence-corrected chi connectivity index (χ0v) is 20.3. The van der Waals surface area contributed by atoms with Crippen LogP contribution in [0.3, 0.4) is 0 Å². The van der Waals surface area contributed by atoms with Gasteiger partial charge in [0.1, 0.15) is 12.3 Å². The van der Waals surface area contributed by atoms with E-state index in [-0.39, 0.29) is 17.3 Å². The fourth-order valence-electron chi connectivity index (χ4n) is 4.02. The van der Waals surface area contributed by atoms with E-state index in [0.29, 0.717) is 42.7 Å². The average molecular weight is 475 g/mol. The number of para-hydroxylation sites is 1. The third-order valence-electron chi connectivity index (χ3n) is 5.83. The summed E-state index contributed by atoms with van der Waals surface area (Å²) >= 11 is 0. The van der Waals surface area contributed by atoms with Crippen LogP contribution in [0.15, 0.2) is 53.4 Å². The van der Waals surface area contributed by atoms with Crippen LogP contribution in [0.1, 0.15) is 44.1 Å². The maximum absolute atomic E-state index is 13.5. The summed E-state index contributed by atoms with van der Waals surface area (Å²) in [6.45, 7) is 2.51. The molecule has 0 spiro atoms. The van der Waals surface area contributed by atoms with Crippen LogP contribution in [0.5, 0.6) is 5.75 Å². The van der Waals surface area contributed by atoms with E-state index >= 15 is 0 Å². The number of benzene rings is 2. The molecule has 8 heteroatoms. The smallest absolute Gasteiger partial charge is 0.264 e. The lowest BCUT2D eigenvalue weighted by Gasteiger charge is -2.24. The molecule has 2 aromatic carbocycles. The van der Waals surface area contributed by atoms with Gasteiger partial charge in [-0.3, -0.25) is 9.10 Å². The number of sulfonamides is 1. The second kappa shape index (κ2) is 12.0. The van der Waals surface area contributed by atoms with Crippen LogP contribution in [0.25, 0.3) is 0 Å². The van der Waals surface area contributed by atoms with Crippen molar-refractivity contribution < 1.29 is 22.7 Å². The Hall–Kier alpha value is -2.58. The second-order valence-electron chi connectivity index (χ2n) is 8.31. The molecular weight excluding hydrogens is 440 g/mol. The molecule has 0 atom stereocenters. The summed E-state index contributed by atoms with van der Waals surface area (Å²) in [6, 6.07) is 13.3. The fourth-order valence-corrected chi connectivity index (χ4v) is 5.52. The van der Waals surface area contributed by atoms with Crippen molar-refractivity contribution in [2.75, 3.05) is 31.1 Å². The molecule has 180 valence electrons. The molecule has 0 aromatic heterocycles. The van der Waals surface area contributed by atoms with Crippen molar-refractivity contribution in [3.63, 3.8) is 0 Å². The van der Waals surface area contributed by atoms with E-state index in [4.69, 9.17) is 9.47 Å². The maximum atomic E-state index is 13.5. The van der Waals surface area contributed by atoms with E-state index in [0.717, 1.165) is 17.1 Å². The molecule has 1 N–H and O–H groups in total. The molecule has 0 radical (unpaired) electrons. The maximum Gasteiger partial charge on any atom is 0.264 e. The Bertz CT molecular complexity index is 1000. The highest BCUT2D eigenvalue weighted by Crippen LogP contribution is 2.27. The Morgan fingerprint density at radius 1 is 1.09 bits per heavy atom. The summed E-state index contributed by atoms with van der Waals surface area (Å²) in [5.41, 5.74) is 1.13. The van der Waals surface area contributed by atoms with Gasteiger partial charge in [0, 0.05) is 13.2 Å². The Labute approximate surface area is 197 Å². The average Bonchev–Trinajstić information content (AvgIpc) is 2.83. The minimum absolute atomic E-state index is 0.110. The second-order valence-corrected chi connectivity index (χ2v) is 10.2. The third kappa shape index (κ3) is 6.95. The number of hydrogen-bond donors (Lipinski definition) is 1. The van der Waals surface area contributed by atoms with Crippen molar-refractivity contribution in [1.82, 2.24) is 5.32 Å². The third-order valence-corrected chi connectivity index (χ3v) is 7.60. The summed E-state index contributed by atoms with van der Waals surface area (Å²) < 4.78 is 39.2. The number of carbonyl (C=O) groups is 1. The normalized spacial score (nSPS) is 14.6. The lowest BCUT2D eigenvalue weighted by molar-refractivity contribution is -0.119. The first-order valence-corrected chi connectivity index (χ1v) is 13.0. The number of methoxy groups -OCH3 is 1. The minimum Gasteiger partial charge on any atom is -0.496 e. The minimum atomic E-state index is -3.95. The van der Waals surface area contributed by atoms with E-state index in [2.05, 4.69) is 5.32 Å². The monoisotopic (exact) mass is 474 g/mol. The van der Waals surface area contributed by atoms with Gasteiger partial charge in [-0.2, -0.15) is 0 Å². The quantitative estimate of drug-likeness (QED) is 0.497. The number of ether oxygens (including phenoxy) is 2. The highest BCUT2D eigenvalue weighted by atomic mass is 32.2. The standard InChI is InChI=1S/C25H34N2O5S/c1-20-18-23(14-15-24(20)31-2)33(29,30)27(21-10-5-3-6-11-21)19-25(28)26-16-9-17-32-22-12-7-4-8-13-22/h3,5-6,10-11,14-15,18,22H,4,7-9,12-13,16-17,19H2,1-2H3,(H,26,28). The summed E-state index contributed by atoms with van der Waals surface area (Å²) in [5, 5.41) is 2.83. The number of anilines is 1. The Morgan fingerprint density at radius 2 is 1.82 bits per heavy atom. The summed E-state index contributed by atoms with van der Waals surface area (Å²) in [5.74, 6) is 0.249. The van der Waals surface area contributed by atoms with Crippen LogP contribution in [0, 0.1) is 6.92 Å². The molecule has 1 fully saturated rings. The van der Waals surface area contributed by atoms with Gasteiger partial charge in [-0.1, -0.05) is 37.5 Å². The van der Waals surface area contributed by atoms with E-state index in [1.165, 1.54) is 32.4 Å². The van der Waals surface area contributed by atoms with E-state index in [1.807, 2.05) is 0 Å². The zero-order chi connectivity index (χ0) is 23.7. The Balaban J connectivity index is 1.63. The number of nitrogens with zero attached hydrogens (tertiary/aromatic N) is 1. The van der Waals surface area contributed by atoms with Crippen molar-refractivity contribution in [2.24, 2.45) is 0 Å². The van der Waals surface area contributed by atoms with Gasteiger partial charge >= 0.3 is 0 Å². The van der Waals surface area contributed by atoms with E-state index in [9.17, 15) is 13.2 Å². The predicted molar refractivity (Wildman–Crippen MR) is 129 cm³/mol. The first-order chi connectivity index (χ1) is 15.9. The van der Waals surface area contributed by atoms with Gasteiger partial charge in [0.05, 0.1) is 23.8 Å². The van der Waals surface area contributed by atoms with Crippen LogP contribution in [0.4, 0.5) is 5.69 Å². The van der Waals surface area contributed by atoms with Gasteiger partial charge in [-0.25, -0.2) is 8.42 Å². The lowest BCUT2D eigenvalue weighted by Crippen LogP contribution is -2.41. The molecule has 1 saturated carbocycles. The fraction of sp³-hybridized carbons (Fsp3) is 0.480. The predicted octanol–water partition coefficient (Wildman–Crippen LogP) is 4.05. The van der Waals surface area contributed by atoms with Gasteiger partial charge in [-0.15, -0.1) is 0 Å². The van der Waals surface area contributed by atoms with Crippen molar-refractivity contribution >= 4 is 21.6 Å². The van der Waals surface area contributed by atoms with Crippen LogP contribution in [0.2, 0.25) is 0 Å². The Kier molecular flexibility index (Phi) is 9.14. The molecule has 1 aliphatic carbocycles. The topological polar surface area (TPSA) is 84.9 Å². The Morgan fingerprint density at radius 3 is 2.48 bits per heavy atom. The number of carbonyl (C=O) groups excluding carboxylic acids is 1. The molecule has 1 amide bonds. The van der Waals surface area contributed by atoms with Crippen molar-refractivity contribution in [1.29, 1.82) is 0 Å². The number of nitrogens with one attached hydrogen (secondary N) is 1. The molecule has 0 bridgehead atoms. The first-order valence-electron chi connectivity index (χ1n) is 11.5. The van der Waals surface area contributed by atoms with Crippen molar-refractivity contribution in [3.05, 3.63) is 54.1 Å². The molecule has 0 saturated heterocycles. The molecule has 0 heterocycles. The van der Waals surface area contributed by atoms with Crippen LogP contribution in [-0.4, -0.2) is 47.2 Å². The molecule has 3 rings (SSSR count). The van der Waals surface area contributed by atoms with Gasteiger partial charge in [0.2, 0.25) is 5.91 Å². The van der Waals surface area contributed by atoms with Crippen LogP contribution in [-0.2, 0) is 19.6 Å². The number of rotatable bonds is 11. The number of aryl methyl sites for hydroxylation is 1. The molecule has 2 aromatic rings. The number of hydrogen-bond acceptors (Lipinski definition) is 5. The molecular formula is C25H34N2O5S. The van der Waals surface area contributed by atoms with Gasteiger partial charge in [-0.05, 0) is 62.1 Å².